The Hall–Kier alpha value is -2.37. The topological polar surface area (TPSA) is 66.9 Å². The SMILES string of the molecule is COc1ccccc1[C@@H](C)N(C)C(=O)CCN1C(=O)CCC1=O. The van der Waals surface area contributed by atoms with Crippen molar-refractivity contribution in [3.05, 3.63) is 29.8 Å². The number of ether oxygens (including phenoxy) is 1. The Morgan fingerprint density at radius 1 is 1.26 bits per heavy atom. The molecule has 0 N–H and O–H groups in total. The molecule has 23 heavy (non-hydrogen) atoms. The molecule has 1 saturated heterocycles. The second kappa shape index (κ2) is 7.26. The van der Waals surface area contributed by atoms with E-state index in [0.717, 1.165) is 11.3 Å². The molecule has 6 heteroatoms. The number of carbonyl (C=O) groups is 3. The number of para-hydroxylation sites is 1. The van der Waals surface area contributed by atoms with Crippen molar-refractivity contribution in [2.45, 2.75) is 32.2 Å². The molecule has 1 atom stereocenters. The Labute approximate surface area is 136 Å². The molecule has 3 amide bonds. The Morgan fingerprint density at radius 3 is 2.48 bits per heavy atom. The van der Waals surface area contributed by atoms with Gasteiger partial charge in [-0.25, -0.2) is 0 Å². The van der Waals surface area contributed by atoms with Crippen molar-refractivity contribution in [2.24, 2.45) is 0 Å². The number of benzene rings is 1. The van der Waals surface area contributed by atoms with E-state index in [-0.39, 0.29) is 49.6 Å². The van der Waals surface area contributed by atoms with Crippen molar-refractivity contribution >= 4 is 17.7 Å². The summed E-state index contributed by atoms with van der Waals surface area (Å²) in [7, 11) is 3.31. The third-order valence-corrected chi connectivity index (χ3v) is 4.27. The maximum absolute atomic E-state index is 12.4. The molecule has 6 nitrogen and oxygen atoms in total. The summed E-state index contributed by atoms with van der Waals surface area (Å²) in [6.07, 6.45) is 0.633. The number of likely N-dealkylation sites (tertiary alicyclic amines) is 1. The van der Waals surface area contributed by atoms with E-state index in [2.05, 4.69) is 0 Å². The average Bonchev–Trinajstić information content (AvgIpc) is 2.89. The number of methoxy groups -OCH3 is 1. The van der Waals surface area contributed by atoms with Crippen molar-refractivity contribution in [1.29, 1.82) is 0 Å². The summed E-state index contributed by atoms with van der Waals surface area (Å²) >= 11 is 0. The molecule has 1 fully saturated rings. The highest BCUT2D eigenvalue weighted by Crippen LogP contribution is 2.28. The lowest BCUT2D eigenvalue weighted by atomic mass is 10.1. The van der Waals surface area contributed by atoms with Gasteiger partial charge in [-0.15, -0.1) is 0 Å². The highest BCUT2D eigenvalue weighted by Gasteiger charge is 2.29. The molecule has 0 unspecified atom stereocenters. The fourth-order valence-electron chi connectivity index (χ4n) is 2.69. The lowest BCUT2D eigenvalue weighted by molar-refractivity contribution is -0.139. The molecule has 124 valence electrons. The number of hydrogen-bond acceptors (Lipinski definition) is 4. The van der Waals surface area contributed by atoms with E-state index in [1.165, 1.54) is 4.90 Å². The van der Waals surface area contributed by atoms with Crippen molar-refractivity contribution < 1.29 is 19.1 Å². The maximum atomic E-state index is 12.4. The van der Waals surface area contributed by atoms with Crippen LogP contribution in [-0.2, 0) is 14.4 Å². The van der Waals surface area contributed by atoms with Crippen LogP contribution >= 0.6 is 0 Å². The van der Waals surface area contributed by atoms with Crippen LogP contribution in [0.1, 0.15) is 37.8 Å². The lowest BCUT2D eigenvalue weighted by Crippen LogP contribution is -2.36. The standard InChI is InChI=1S/C17H22N2O4/c1-12(13-6-4-5-7-14(13)23-3)18(2)15(20)10-11-19-16(21)8-9-17(19)22/h4-7,12H,8-11H2,1-3H3/t12-/m1/s1. The molecule has 1 aromatic carbocycles. The Kier molecular flexibility index (Phi) is 5.36. The smallest absolute Gasteiger partial charge is 0.229 e. The molecule has 1 aliphatic heterocycles. The molecular formula is C17H22N2O4. The summed E-state index contributed by atoms with van der Waals surface area (Å²) in [5.74, 6) is 0.229. The van der Waals surface area contributed by atoms with Gasteiger partial charge in [-0.05, 0) is 13.0 Å². The van der Waals surface area contributed by atoms with Crippen LogP contribution in [0.4, 0.5) is 0 Å². The quantitative estimate of drug-likeness (QED) is 0.750. The number of carbonyl (C=O) groups excluding carboxylic acids is 3. The van der Waals surface area contributed by atoms with Gasteiger partial charge in [0.2, 0.25) is 17.7 Å². The van der Waals surface area contributed by atoms with Crippen molar-refractivity contribution in [2.75, 3.05) is 20.7 Å². The summed E-state index contributed by atoms with van der Waals surface area (Å²) in [5.41, 5.74) is 0.916. The van der Waals surface area contributed by atoms with Crippen LogP contribution in [-0.4, -0.2) is 48.2 Å². The van der Waals surface area contributed by atoms with Gasteiger partial charge in [-0.3, -0.25) is 19.3 Å². The van der Waals surface area contributed by atoms with Crippen LogP contribution in [0.3, 0.4) is 0 Å². The summed E-state index contributed by atoms with van der Waals surface area (Å²) < 4.78 is 5.33. The second-order valence-corrected chi connectivity index (χ2v) is 5.61. The zero-order valence-corrected chi connectivity index (χ0v) is 13.7. The van der Waals surface area contributed by atoms with Gasteiger partial charge in [0, 0.05) is 38.4 Å². The highest BCUT2D eigenvalue weighted by molar-refractivity contribution is 6.02. The first-order valence-corrected chi connectivity index (χ1v) is 7.67. The molecule has 0 radical (unpaired) electrons. The van der Waals surface area contributed by atoms with Crippen LogP contribution in [0.25, 0.3) is 0 Å². The summed E-state index contributed by atoms with van der Waals surface area (Å²) in [4.78, 5) is 38.3. The number of imide groups is 1. The zero-order valence-electron chi connectivity index (χ0n) is 13.7. The molecule has 0 aromatic heterocycles. The van der Waals surface area contributed by atoms with Gasteiger partial charge in [-0.1, -0.05) is 18.2 Å². The first-order chi connectivity index (χ1) is 11.0. The van der Waals surface area contributed by atoms with Gasteiger partial charge in [0.1, 0.15) is 5.75 Å². The second-order valence-electron chi connectivity index (χ2n) is 5.61. The molecule has 0 bridgehead atoms. The monoisotopic (exact) mass is 318 g/mol. The summed E-state index contributed by atoms with van der Waals surface area (Å²) in [5, 5.41) is 0. The van der Waals surface area contributed by atoms with E-state index in [0.29, 0.717) is 0 Å². The minimum Gasteiger partial charge on any atom is -0.496 e. The van der Waals surface area contributed by atoms with Gasteiger partial charge in [0.25, 0.3) is 0 Å². The van der Waals surface area contributed by atoms with E-state index < -0.39 is 0 Å². The van der Waals surface area contributed by atoms with E-state index in [9.17, 15) is 14.4 Å². The van der Waals surface area contributed by atoms with Gasteiger partial charge in [0.15, 0.2) is 0 Å². The van der Waals surface area contributed by atoms with Gasteiger partial charge < -0.3 is 9.64 Å². The fourth-order valence-corrected chi connectivity index (χ4v) is 2.69. The van der Waals surface area contributed by atoms with E-state index >= 15 is 0 Å². The number of hydrogen-bond donors (Lipinski definition) is 0. The molecular weight excluding hydrogens is 296 g/mol. The highest BCUT2D eigenvalue weighted by atomic mass is 16.5. The first-order valence-electron chi connectivity index (χ1n) is 7.67. The van der Waals surface area contributed by atoms with Gasteiger partial charge in [-0.2, -0.15) is 0 Å². The first kappa shape index (κ1) is 17.0. The Balaban J connectivity index is 1.99. The van der Waals surface area contributed by atoms with E-state index in [1.807, 2.05) is 31.2 Å². The summed E-state index contributed by atoms with van der Waals surface area (Å²) in [6.45, 7) is 2.07. The van der Waals surface area contributed by atoms with E-state index in [4.69, 9.17) is 4.74 Å². The number of amides is 3. The van der Waals surface area contributed by atoms with E-state index in [1.54, 1.807) is 19.1 Å². The van der Waals surface area contributed by atoms with Crippen LogP contribution in [0.2, 0.25) is 0 Å². The molecule has 0 aliphatic carbocycles. The van der Waals surface area contributed by atoms with Gasteiger partial charge in [0.05, 0.1) is 13.2 Å². The molecule has 0 saturated carbocycles. The molecule has 2 rings (SSSR count). The molecule has 1 aliphatic rings. The van der Waals surface area contributed by atoms with Crippen LogP contribution < -0.4 is 4.74 Å². The Morgan fingerprint density at radius 2 is 1.87 bits per heavy atom. The minimum atomic E-state index is -0.191. The number of rotatable bonds is 6. The third-order valence-electron chi connectivity index (χ3n) is 4.27. The van der Waals surface area contributed by atoms with Crippen LogP contribution in [0.15, 0.2) is 24.3 Å². The minimum absolute atomic E-state index is 0.115. The Bertz CT molecular complexity index is 598. The molecule has 1 heterocycles. The van der Waals surface area contributed by atoms with Crippen molar-refractivity contribution in [1.82, 2.24) is 9.80 Å². The summed E-state index contributed by atoms with van der Waals surface area (Å²) in [6, 6.07) is 7.38. The third kappa shape index (κ3) is 3.70. The average molecular weight is 318 g/mol. The predicted molar refractivity (Wildman–Crippen MR) is 84.8 cm³/mol. The lowest BCUT2D eigenvalue weighted by Gasteiger charge is -2.27. The predicted octanol–water partition coefficient (Wildman–Crippen LogP) is 1.75. The normalized spacial score (nSPS) is 15.7. The zero-order chi connectivity index (χ0) is 17.0. The molecule has 0 spiro atoms. The van der Waals surface area contributed by atoms with Crippen molar-refractivity contribution in [3.8, 4) is 5.75 Å². The molecule has 1 aromatic rings. The van der Waals surface area contributed by atoms with Crippen molar-refractivity contribution in [3.63, 3.8) is 0 Å². The van der Waals surface area contributed by atoms with Crippen LogP contribution in [0, 0.1) is 0 Å². The number of nitrogens with zero attached hydrogens (tertiary/aromatic N) is 2. The largest absolute Gasteiger partial charge is 0.496 e. The maximum Gasteiger partial charge on any atom is 0.229 e. The van der Waals surface area contributed by atoms with Crippen LogP contribution in [0.5, 0.6) is 5.75 Å². The fraction of sp³-hybridized carbons (Fsp3) is 0.471. The van der Waals surface area contributed by atoms with Gasteiger partial charge >= 0.3 is 0 Å².